The van der Waals surface area contributed by atoms with E-state index < -0.39 is 37.6 Å². The molecular formula is C29H40N6O10S2. The van der Waals surface area contributed by atoms with E-state index in [0.717, 1.165) is 19.7 Å². The molecule has 4 rings (SSSR count). The van der Waals surface area contributed by atoms with Crippen LogP contribution in [0.4, 0.5) is 11.4 Å². The van der Waals surface area contributed by atoms with Crippen LogP contribution in [0.3, 0.4) is 0 Å². The van der Waals surface area contributed by atoms with Crippen molar-refractivity contribution in [1.82, 2.24) is 20.1 Å². The average molecular weight is 697 g/mol. The SMILES string of the molecule is CC(C)(C)C(=O)NCCc1ccc(N2CC(=O)NS2(=O)=O)c(O)c1.CC(C)C(=O)NCCc1ccc(N2CC(=O)NS2(=O)=O)c(O)c1. The highest BCUT2D eigenvalue weighted by molar-refractivity contribution is 7.92. The first kappa shape index (κ1) is 36.9. The molecule has 2 aromatic rings. The maximum atomic E-state index is 11.8. The molecule has 2 aromatic carbocycles. The summed E-state index contributed by atoms with van der Waals surface area (Å²) in [6.45, 7) is 9.12. The molecule has 0 atom stereocenters. The van der Waals surface area contributed by atoms with Crippen LogP contribution in [0.25, 0.3) is 0 Å². The molecule has 2 aliphatic heterocycles. The molecule has 0 spiro atoms. The van der Waals surface area contributed by atoms with Gasteiger partial charge in [-0.15, -0.1) is 0 Å². The van der Waals surface area contributed by atoms with Gasteiger partial charge in [-0.25, -0.2) is 18.1 Å². The van der Waals surface area contributed by atoms with E-state index >= 15 is 0 Å². The second-order valence-electron chi connectivity index (χ2n) is 12.2. The van der Waals surface area contributed by atoms with Crippen molar-refractivity contribution in [3.05, 3.63) is 47.5 Å². The van der Waals surface area contributed by atoms with Crippen LogP contribution in [0.5, 0.6) is 11.5 Å². The topological polar surface area (TPSA) is 232 Å². The van der Waals surface area contributed by atoms with Crippen molar-refractivity contribution in [2.75, 3.05) is 34.8 Å². The normalized spacial score (nSPS) is 16.6. The van der Waals surface area contributed by atoms with Gasteiger partial charge in [0, 0.05) is 24.4 Å². The number of phenols is 2. The number of nitrogens with one attached hydrogen (secondary N) is 4. The van der Waals surface area contributed by atoms with Gasteiger partial charge in [-0.1, -0.05) is 46.8 Å². The molecular weight excluding hydrogens is 656 g/mol. The third kappa shape index (κ3) is 9.71. The van der Waals surface area contributed by atoms with Crippen molar-refractivity contribution in [3.8, 4) is 11.5 Å². The summed E-state index contributed by atoms with van der Waals surface area (Å²) in [4.78, 5) is 45.7. The number of phenolic OH excluding ortho intramolecular Hbond substituents is 2. The van der Waals surface area contributed by atoms with E-state index in [1.54, 1.807) is 26.0 Å². The van der Waals surface area contributed by atoms with Crippen LogP contribution < -0.4 is 28.7 Å². The van der Waals surface area contributed by atoms with Crippen LogP contribution in [0, 0.1) is 11.3 Å². The predicted molar refractivity (Wildman–Crippen MR) is 173 cm³/mol. The fourth-order valence-corrected chi connectivity index (χ4v) is 6.64. The largest absolute Gasteiger partial charge is 0.506 e. The van der Waals surface area contributed by atoms with Gasteiger partial charge in [-0.05, 0) is 48.2 Å². The van der Waals surface area contributed by atoms with Crippen LogP contribution in [0.2, 0.25) is 0 Å². The summed E-state index contributed by atoms with van der Waals surface area (Å²) in [6, 6.07) is 9.03. The zero-order chi connectivity index (χ0) is 35.3. The van der Waals surface area contributed by atoms with Crippen molar-refractivity contribution >= 4 is 55.4 Å². The number of rotatable bonds is 9. The van der Waals surface area contributed by atoms with Gasteiger partial charge in [0.05, 0.1) is 11.4 Å². The zero-order valence-electron chi connectivity index (χ0n) is 26.7. The Bertz CT molecular complexity index is 1750. The highest BCUT2D eigenvalue weighted by Gasteiger charge is 2.36. The summed E-state index contributed by atoms with van der Waals surface area (Å²) in [5.74, 6) is -2.01. The minimum absolute atomic E-state index is 0.0378. The number of hydrogen-bond acceptors (Lipinski definition) is 10. The Labute approximate surface area is 273 Å². The second-order valence-corrected chi connectivity index (χ2v) is 15.4. The highest BCUT2D eigenvalue weighted by atomic mass is 32.2. The molecule has 2 aliphatic rings. The molecule has 0 radical (unpaired) electrons. The lowest BCUT2D eigenvalue weighted by Gasteiger charge is -2.18. The Morgan fingerprint density at radius 3 is 1.51 bits per heavy atom. The van der Waals surface area contributed by atoms with Gasteiger partial charge in [0.25, 0.3) is 11.8 Å². The van der Waals surface area contributed by atoms with E-state index in [-0.39, 0.29) is 53.7 Å². The molecule has 2 heterocycles. The summed E-state index contributed by atoms with van der Waals surface area (Å²) < 4.78 is 52.4. The van der Waals surface area contributed by atoms with Crippen molar-refractivity contribution in [3.63, 3.8) is 0 Å². The molecule has 2 fully saturated rings. The van der Waals surface area contributed by atoms with E-state index in [4.69, 9.17) is 0 Å². The van der Waals surface area contributed by atoms with Crippen LogP contribution in [0.1, 0.15) is 45.7 Å². The number of carbonyl (C=O) groups excluding carboxylic acids is 4. The summed E-state index contributed by atoms with van der Waals surface area (Å²) >= 11 is 0. The zero-order valence-corrected chi connectivity index (χ0v) is 28.3. The quantitative estimate of drug-likeness (QED) is 0.208. The van der Waals surface area contributed by atoms with E-state index in [0.29, 0.717) is 25.9 Å². The van der Waals surface area contributed by atoms with Gasteiger partial charge >= 0.3 is 20.4 Å². The van der Waals surface area contributed by atoms with Gasteiger partial charge in [-0.2, -0.15) is 16.8 Å². The van der Waals surface area contributed by atoms with E-state index in [2.05, 4.69) is 10.6 Å². The molecule has 258 valence electrons. The van der Waals surface area contributed by atoms with Gasteiger partial charge < -0.3 is 20.8 Å². The summed E-state index contributed by atoms with van der Waals surface area (Å²) in [5, 5.41) is 25.7. The maximum absolute atomic E-state index is 11.8. The minimum Gasteiger partial charge on any atom is -0.506 e. The third-order valence-corrected chi connectivity index (χ3v) is 9.66. The fourth-order valence-electron chi connectivity index (χ4n) is 4.31. The Kier molecular flexibility index (Phi) is 11.3. The molecule has 0 aromatic heterocycles. The number of nitrogens with zero attached hydrogens (tertiary/aromatic N) is 2. The summed E-state index contributed by atoms with van der Waals surface area (Å²) in [5.41, 5.74) is 1.08. The lowest BCUT2D eigenvalue weighted by Crippen LogP contribution is -2.35. The lowest BCUT2D eigenvalue weighted by atomic mass is 9.95. The standard InChI is InChI=1S/C15H21N3O5S.C14H19N3O5S/c1-15(2,3)14(21)16-7-6-10-4-5-11(12(19)8-10)18-9-13(20)17-24(18,22)23;1-9(2)14(20)15-6-5-10-3-4-11(12(18)7-10)17-8-13(19)16-23(17,21)22/h4-5,8,19H,6-7,9H2,1-3H3,(H,16,21)(H,17,20);3-4,7,9,18H,5-6,8H2,1-2H3,(H,15,20)(H,16,19). The van der Waals surface area contributed by atoms with Gasteiger partial charge in [0.1, 0.15) is 24.6 Å². The van der Waals surface area contributed by atoms with Crippen molar-refractivity contribution in [2.24, 2.45) is 11.3 Å². The van der Waals surface area contributed by atoms with Crippen LogP contribution in [0.15, 0.2) is 36.4 Å². The number of hydrogen-bond donors (Lipinski definition) is 6. The highest BCUT2D eigenvalue weighted by Crippen LogP contribution is 2.32. The first-order valence-electron chi connectivity index (χ1n) is 14.6. The molecule has 0 unspecified atom stereocenters. The molecule has 47 heavy (non-hydrogen) atoms. The average Bonchev–Trinajstić information content (AvgIpc) is 3.38. The molecule has 0 saturated carbocycles. The smallest absolute Gasteiger partial charge is 0.326 e. The summed E-state index contributed by atoms with van der Waals surface area (Å²) in [6.07, 6.45) is 0.982. The fraction of sp³-hybridized carbons (Fsp3) is 0.448. The maximum Gasteiger partial charge on any atom is 0.326 e. The molecule has 16 nitrogen and oxygen atoms in total. The van der Waals surface area contributed by atoms with Gasteiger partial charge in [0.2, 0.25) is 11.8 Å². The Hall–Kier alpha value is -4.58. The van der Waals surface area contributed by atoms with Crippen molar-refractivity contribution in [2.45, 2.75) is 47.5 Å². The Morgan fingerprint density at radius 1 is 0.787 bits per heavy atom. The molecule has 0 aliphatic carbocycles. The molecule has 2 saturated heterocycles. The van der Waals surface area contributed by atoms with E-state index in [1.807, 2.05) is 30.2 Å². The van der Waals surface area contributed by atoms with Gasteiger partial charge in [-0.3, -0.25) is 19.2 Å². The number of benzene rings is 2. The molecule has 18 heteroatoms. The summed E-state index contributed by atoms with van der Waals surface area (Å²) in [7, 11) is -7.90. The van der Waals surface area contributed by atoms with Crippen molar-refractivity contribution in [1.29, 1.82) is 0 Å². The number of aromatic hydroxyl groups is 2. The molecule has 0 bridgehead atoms. The molecule has 6 N–H and O–H groups in total. The first-order chi connectivity index (χ1) is 21.7. The van der Waals surface area contributed by atoms with Crippen LogP contribution >= 0.6 is 0 Å². The van der Waals surface area contributed by atoms with Crippen LogP contribution in [-0.2, 0) is 52.4 Å². The van der Waals surface area contributed by atoms with Crippen molar-refractivity contribution < 1.29 is 46.2 Å². The minimum atomic E-state index is -3.95. The first-order valence-corrected chi connectivity index (χ1v) is 17.5. The number of carbonyl (C=O) groups is 4. The number of amides is 4. The van der Waals surface area contributed by atoms with E-state index in [9.17, 15) is 46.2 Å². The lowest BCUT2D eigenvalue weighted by molar-refractivity contribution is -0.128. The monoisotopic (exact) mass is 696 g/mol. The Morgan fingerprint density at radius 2 is 1.19 bits per heavy atom. The molecule has 4 amide bonds. The van der Waals surface area contributed by atoms with Gasteiger partial charge in [0.15, 0.2) is 0 Å². The number of anilines is 2. The third-order valence-electron chi connectivity index (χ3n) is 6.88. The van der Waals surface area contributed by atoms with E-state index in [1.165, 1.54) is 24.3 Å². The van der Waals surface area contributed by atoms with Crippen LogP contribution in [-0.4, -0.2) is 76.9 Å². The second kappa shape index (κ2) is 14.5. The predicted octanol–water partition coefficient (Wildman–Crippen LogP) is 0.166. The Balaban J connectivity index is 0.000000256.